The predicted molar refractivity (Wildman–Crippen MR) is 56.5 cm³/mol. The van der Waals surface area contributed by atoms with Crippen LogP contribution in [0.3, 0.4) is 0 Å². The lowest BCUT2D eigenvalue weighted by Crippen LogP contribution is -2.41. The topological polar surface area (TPSA) is 66.4 Å². The Morgan fingerprint density at radius 2 is 1.71 bits per heavy atom. The number of rotatable bonds is 2. The quantitative estimate of drug-likeness (QED) is 0.700. The Labute approximate surface area is 89.6 Å². The van der Waals surface area contributed by atoms with E-state index in [0.29, 0.717) is 0 Å². The van der Waals surface area contributed by atoms with Crippen molar-refractivity contribution in [2.75, 3.05) is 5.88 Å². The van der Waals surface area contributed by atoms with Gasteiger partial charge in [-0.2, -0.15) is 0 Å². The Hall–Kier alpha value is -0.770. The van der Waals surface area contributed by atoms with Gasteiger partial charge in [0.2, 0.25) is 5.91 Å². The second-order valence-electron chi connectivity index (χ2n) is 3.68. The van der Waals surface area contributed by atoms with Crippen molar-refractivity contribution in [1.82, 2.24) is 5.32 Å². The first-order chi connectivity index (χ1) is 6.22. The van der Waals surface area contributed by atoms with Gasteiger partial charge in [0, 0.05) is 12.0 Å². The monoisotopic (exact) mass is 223 g/mol. The number of carboxylic acid groups (broad SMARTS) is 1. The predicted octanol–water partition coefficient (Wildman–Crippen LogP) is 1.62. The Bertz CT molecular complexity index is 187. The number of hydrogen-bond acceptors (Lipinski definition) is 2. The highest BCUT2D eigenvalue weighted by molar-refractivity contribution is 6.27. The molecule has 0 aliphatic heterocycles. The molecule has 0 radical (unpaired) electrons. The third kappa shape index (κ3) is 17.4. The molecule has 0 rings (SSSR count). The fourth-order valence-electron chi connectivity index (χ4n) is 0.452. The molecule has 0 spiro atoms. The zero-order valence-electron chi connectivity index (χ0n) is 9.06. The molecule has 0 aromatic rings. The molecule has 0 heterocycles. The number of amides is 1. The van der Waals surface area contributed by atoms with Gasteiger partial charge in [0.15, 0.2) is 0 Å². The van der Waals surface area contributed by atoms with Crippen LogP contribution in [0.25, 0.3) is 0 Å². The van der Waals surface area contributed by atoms with E-state index in [2.05, 4.69) is 5.32 Å². The van der Waals surface area contributed by atoms with Gasteiger partial charge >= 0.3 is 5.97 Å². The second kappa shape index (κ2) is 7.62. The normalized spacial score (nSPS) is 9.79. The van der Waals surface area contributed by atoms with Crippen LogP contribution in [0.15, 0.2) is 0 Å². The summed E-state index contributed by atoms with van der Waals surface area (Å²) >= 11 is 5.25. The van der Waals surface area contributed by atoms with E-state index >= 15 is 0 Å². The van der Waals surface area contributed by atoms with Crippen molar-refractivity contribution in [1.29, 1.82) is 0 Å². The molecule has 0 unspecified atom stereocenters. The fourth-order valence-corrected chi connectivity index (χ4v) is 0.518. The Morgan fingerprint density at radius 3 is 1.79 bits per heavy atom. The molecule has 0 atom stereocenters. The molecule has 0 aliphatic carbocycles. The molecule has 5 heteroatoms. The van der Waals surface area contributed by atoms with E-state index in [1.54, 1.807) is 6.92 Å². The first-order valence-corrected chi connectivity index (χ1v) is 4.85. The van der Waals surface area contributed by atoms with Crippen molar-refractivity contribution >= 4 is 23.5 Å². The Morgan fingerprint density at radius 1 is 1.36 bits per heavy atom. The first-order valence-electron chi connectivity index (χ1n) is 4.31. The summed E-state index contributed by atoms with van der Waals surface area (Å²) in [4.78, 5) is 20.0. The minimum Gasteiger partial charge on any atom is -0.481 e. The number of carboxylic acids is 1. The molecule has 0 aliphatic rings. The molecule has 0 aromatic carbocycles. The lowest BCUT2D eigenvalue weighted by Gasteiger charge is -2.19. The number of aliphatic carboxylic acids is 1. The highest BCUT2D eigenvalue weighted by Crippen LogP contribution is 1.97. The highest BCUT2D eigenvalue weighted by atomic mass is 35.5. The molecule has 4 nitrogen and oxygen atoms in total. The Kier molecular flexibility index (Phi) is 8.54. The van der Waals surface area contributed by atoms with Gasteiger partial charge in [-0.3, -0.25) is 9.59 Å². The maximum absolute atomic E-state index is 10.6. The van der Waals surface area contributed by atoms with Crippen LogP contribution in [-0.2, 0) is 9.59 Å². The summed E-state index contributed by atoms with van der Waals surface area (Å²) in [5, 5.41) is 10.4. The van der Waals surface area contributed by atoms with Gasteiger partial charge in [-0.25, -0.2) is 0 Å². The first kappa shape index (κ1) is 15.7. The molecule has 2 N–H and O–H groups in total. The smallest absolute Gasteiger partial charge is 0.303 e. The Balaban J connectivity index is 0. The van der Waals surface area contributed by atoms with Gasteiger partial charge < -0.3 is 10.4 Å². The summed E-state index contributed by atoms with van der Waals surface area (Å²) in [6.45, 7) is 7.34. The van der Waals surface area contributed by atoms with Gasteiger partial charge in [0.25, 0.3) is 0 Å². The second-order valence-corrected chi connectivity index (χ2v) is 3.95. The number of nitrogens with one attached hydrogen (secondary N) is 1. The van der Waals surface area contributed by atoms with Crippen LogP contribution in [0, 0.1) is 0 Å². The molecule has 84 valence electrons. The molecule has 0 aromatic heterocycles. The third-order valence-electron chi connectivity index (χ3n) is 0.938. The molecule has 0 bridgehead atoms. The van der Waals surface area contributed by atoms with Crippen molar-refractivity contribution in [3.8, 4) is 0 Å². The van der Waals surface area contributed by atoms with E-state index in [1.807, 2.05) is 20.8 Å². The van der Waals surface area contributed by atoms with Crippen LogP contribution in [0.2, 0.25) is 0 Å². The zero-order valence-corrected chi connectivity index (χ0v) is 9.81. The van der Waals surface area contributed by atoms with E-state index in [9.17, 15) is 9.59 Å². The molecular weight excluding hydrogens is 206 g/mol. The maximum atomic E-state index is 10.6. The molecule has 14 heavy (non-hydrogen) atoms. The number of halogens is 1. The summed E-state index contributed by atoms with van der Waals surface area (Å²) < 4.78 is 0. The number of carbonyl (C=O) groups is 2. The van der Waals surface area contributed by atoms with Gasteiger partial charge in [-0.05, 0) is 20.8 Å². The van der Waals surface area contributed by atoms with Crippen molar-refractivity contribution in [2.45, 2.75) is 39.7 Å². The van der Waals surface area contributed by atoms with E-state index in [-0.39, 0.29) is 23.7 Å². The zero-order chi connectivity index (χ0) is 11.8. The number of alkyl halides is 1. The van der Waals surface area contributed by atoms with Gasteiger partial charge in [0.1, 0.15) is 5.88 Å². The van der Waals surface area contributed by atoms with Crippen molar-refractivity contribution in [3.05, 3.63) is 0 Å². The van der Waals surface area contributed by atoms with Crippen LogP contribution in [-0.4, -0.2) is 28.4 Å². The number of carbonyl (C=O) groups excluding carboxylic acids is 1. The standard InChI is InChI=1S/C6H12ClNO.C3H6O2/c1-6(2,3)8-5(9)4-7;1-2-3(4)5/h4H2,1-3H3,(H,8,9);2H2,1H3,(H,4,5). The average molecular weight is 224 g/mol. The summed E-state index contributed by atoms with van der Waals surface area (Å²) in [5.41, 5.74) is -0.161. The third-order valence-corrected chi connectivity index (χ3v) is 1.18. The molecular formula is C9H18ClNO3. The minimum absolute atomic E-state index is 0.0390. The van der Waals surface area contributed by atoms with Crippen LogP contribution >= 0.6 is 11.6 Å². The minimum atomic E-state index is -0.745. The molecule has 1 amide bonds. The molecule has 0 saturated heterocycles. The lowest BCUT2D eigenvalue weighted by molar-refractivity contribution is -0.136. The summed E-state index contributed by atoms with van der Waals surface area (Å²) in [6, 6.07) is 0. The molecule has 0 saturated carbocycles. The molecule has 0 fully saturated rings. The maximum Gasteiger partial charge on any atom is 0.303 e. The SMILES string of the molecule is CC(C)(C)NC(=O)CCl.CCC(=O)O. The van der Waals surface area contributed by atoms with Crippen LogP contribution in [0.4, 0.5) is 0 Å². The summed E-state index contributed by atoms with van der Waals surface area (Å²) in [6.07, 6.45) is 0.222. The summed E-state index contributed by atoms with van der Waals surface area (Å²) in [5.74, 6) is -0.828. The fraction of sp³-hybridized carbons (Fsp3) is 0.778. The van der Waals surface area contributed by atoms with Crippen molar-refractivity contribution in [2.24, 2.45) is 0 Å². The largest absolute Gasteiger partial charge is 0.481 e. The van der Waals surface area contributed by atoms with Gasteiger partial charge in [-0.1, -0.05) is 6.92 Å². The average Bonchev–Trinajstić information content (AvgIpc) is 2.02. The van der Waals surface area contributed by atoms with Gasteiger partial charge in [0.05, 0.1) is 0 Å². The van der Waals surface area contributed by atoms with Crippen molar-refractivity contribution < 1.29 is 14.7 Å². The van der Waals surface area contributed by atoms with E-state index in [1.165, 1.54) is 0 Å². The van der Waals surface area contributed by atoms with E-state index < -0.39 is 5.97 Å². The number of hydrogen-bond donors (Lipinski definition) is 2. The van der Waals surface area contributed by atoms with E-state index in [4.69, 9.17) is 16.7 Å². The van der Waals surface area contributed by atoms with Gasteiger partial charge in [-0.15, -0.1) is 11.6 Å². The van der Waals surface area contributed by atoms with Crippen LogP contribution < -0.4 is 5.32 Å². The summed E-state index contributed by atoms with van der Waals surface area (Å²) in [7, 11) is 0. The van der Waals surface area contributed by atoms with Crippen LogP contribution in [0.1, 0.15) is 34.1 Å². The highest BCUT2D eigenvalue weighted by Gasteiger charge is 2.11. The van der Waals surface area contributed by atoms with Crippen molar-refractivity contribution in [3.63, 3.8) is 0 Å². The van der Waals surface area contributed by atoms with E-state index in [0.717, 1.165) is 0 Å². The van der Waals surface area contributed by atoms with Crippen LogP contribution in [0.5, 0.6) is 0 Å². The lowest BCUT2D eigenvalue weighted by atomic mass is 10.1.